The van der Waals surface area contributed by atoms with E-state index in [1.165, 1.54) is 12.8 Å². The van der Waals surface area contributed by atoms with E-state index in [0.717, 1.165) is 71.6 Å². The molecule has 1 unspecified atom stereocenters. The first-order valence-electron chi connectivity index (χ1n) is 10.3. The van der Waals surface area contributed by atoms with Gasteiger partial charge in [-0.1, -0.05) is 6.42 Å². The molecule has 0 amide bonds. The van der Waals surface area contributed by atoms with Gasteiger partial charge in [-0.3, -0.25) is 19.4 Å². The molecule has 3 rings (SSSR count). The molecule has 1 atom stereocenters. The molecule has 3 aliphatic heterocycles. The normalized spacial score (nSPS) is 23.2. The van der Waals surface area contributed by atoms with Gasteiger partial charge in [0.05, 0.1) is 0 Å². The van der Waals surface area contributed by atoms with Gasteiger partial charge in [-0.2, -0.15) is 0 Å². The van der Waals surface area contributed by atoms with Gasteiger partial charge in [-0.15, -0.1) is 37.2 Å². The molecule has 0 aromatic rings. The number of aliphatic carboxylic acids is 1. The standard InChI is InChI=1S/C19H34N4O3.3ClH/c24-17(18(19(25)26)23-9-2-1-3-10-23)6-11-21-12-14-22(15-13-21)16-4-7-20-8-5-16;;;/h16,18,20H,1-15H2,(H,25,26);3*1H. The Hall–Kier alpha value is -0.150. The van der Waals surface area contributed by atoms with E-state index in [4.69, 9.17) is 0 Å². The van der Waals surface area contributed by atoms with Gasteiger partial charge in [0.15, 0.2) is 11.8 Å². The summed E-state index contributed by atoms with van der Waals surface area (Å²) in [5, 5.41) is 12.9. The Labute approximate surface area is 193 Å². The first-order chi connectivity index (χ1) is 12.6. The Morgan fingerprint density at radius 3 is 2.03 bits per heavy atom. The first kappa shape index (κ1) is 28.9. The van der Waals surface area contributed by atoms with E-state index in [9.17, 15) is 14.7 Å². The van der Waals surface area contributed by atoms with Crippen molar-refractivity contribution in [2.45, 2.75) is 50.6 Å². The predicted octanol–water partition coefficient (Wildman–Crippen LogP) is 1.52. The number of carbonyl (C=O) groups is 2. The zero-order chi connectivity index (χ0) is 18.4. The fourth-order valence-electron chi connectivity index (χ4n) is 4.60. The highest BCUT2D eigenvalue weighted by Gasteiger charge is 2.33. The van der Waals surface area contributed by atoms with Crippen molar-refractivity contribution in [1.29, 1.82) is 0 Å². The summed E-state index contributed by atoms with van der Waals surface area (Å²) < 4.78 is 0. The molecule has 7 nitrogen and oxygen atoms in total. The number of hydrogen-bond donors (Lipinski definition) is 2. The van der Waals surface area contributed by atoms with E-state index in [1.807, 2.05) is 4.90 Å². The van der Waals surface area contributed by atoms with Gasteiger partial charge in [0, 0.05) is 45.2 Å². The lowest BCUT2D eigenvalue weighted by Crippen LogP contribution is -2.53. The van der Waals surface area contributed by atoms with Crippen LogP contribution in [-0.2, 0) is 9.59 Å². The largest absolute Gasteiger partial charge is 0.480 e. The van der Waals surface area contributed by atoms with Crippen LogP contribution in [0.25, 0.3) is 0 Å². The molecule has 0 radical (unpaired) electrons. The highest BCUT2D eigenvalue weighted by Crippen LogP contribution is 2.16. The summed E-state index contributed by atoms with van der Waals surface area (Å²) >= 11 is 0. The van der Waals surface area contributed by atoms with Crippen LogP contribution >= 0.6 is 37.2 Å². The second-order valence-corrected chi connectivity index (χ2v) is 7.91. The Kier molecular flexibility index (Phi) is 14.7. The molecule has 3 fully saturated rings. The molecule has 0 aliphatic carbocycles. The molecule has 3 saturated heterocycles. The lowest BCUT2D eigenvalue weighted by molar-refractivity contribution is -0.148. The van der Waals surface area contributed by atoms with E-state index >= 15 is 0 Å². The smallest absolute Gasteiger partial charge is 0.328 e. The second kappa shape index (κ2) is 14.8. The van der Waals surface area contributed by atoms with E-state index in [-0.39, 0.29) is 43.0 Å². The number of ketones is 1. The predicted molar refractivity (Wildman–Crippen MR) is 122 cm³/mol. The van der Waals surface area contributed by atoms with E-state index in [2.05, 4.69) is 15.1 Å². The highest BCUT2D eigenvalue weighted by atomic mass is 35.5. The molecule has 0 aromatic heterocycles. The van der Waals surface area contributed by atoms with Crippen LogP contribution in [0.4, 0.5) is 0 Å². The molecule has 0 bridgehead atoms. The van der Waals surface area contributed by atoms with Crippen molar-refractivity contribution in [2.75, 3.05) is 58.9 Å². The van der Waals surface area contributed by atoms with Gasteiger partial charge in [0.1, 0.15) is 0 Å². The monoisotopic (exact) mass is 474 g/mol. The molecule has 0 spiro atoms. The molecule has 2 N–H and O–H groups in total. The summed E-state index contributed by atoms with van der Waals surface area (Å²) in [5.41, 5.74) is 0. The quantitative estimate of drug-likeness (QED) is 0.541. The van der Waals surface area contributed by atoms with E-state index in [1.54, 1.807) is 0 Å². The van der Waals surface area contributed by atoms with Crippen LogP contribution in [0.5, 0.6) is 0 Å². The molecule has 0 saturated carbocycles. The van der Waals surface area contributed by atoms with Gasteiger partial charge in [0.25, 0.3) is 0 Å². The summed E-state index contributed by atoms with van der Waals surface area (Å²) in [4.78, 5) is 31.0. The third-order valence-corrected chi connectivity index (χ3v) is 6.20. The number of hydrogen-bond acceptors (Lipinski definition) is 6. The molecule has 10 heteroatoms. The fraction of sp³-hybridized carbons (Fsp3) is 0.895. The minimum atomic E-state index is -0.979. The minimum Gasteiger partial charge on any atom is -0.480 e. The lowest BCUT2D eigenvalue weighted by atomic mass is 10.0. The van der Waals surface area contributed by atoms with Gasteiger partial charge in [0.2, 0.25) is 0 Å². The van der Waals surface area contributed by atoms with Crippen molar-refractivity contribution in [1.82, 2.24) is 20.0 Å². The topological polar surface area (TPSA) is 76.1 Å². The fourth-order valence-corrected chi connectivity index (χ4v) is 4.60. The zero-order valence-corrected chi connectivity index (χ0v) is 19.5. The molecule has 29 heavy (non-hydrogen) atoms. The Morgan fingerprint density at radius 1 is 0.897 bits per heavy atom. The number of piperazine rings is 1. The van der Waals surface area contributed by atoms with E-state index < -0.39 is 12.0 Å². The Bertz CT molecular complexity index is 481. The number of nitrogens with zero attached hydrogens (tertiary/aromatic N) is 3. The number of carbonyl (C=O) groups excluding carboxylic acids is 1. The maximum Gasteiger partial charge on any atom is 0.328 e. The third-order valence-electron chi connectivity index (χ3n) is 6.20. The first-order valence-corrected chi connectivity index (χ1v) is 10.3. The number of likely N-dealkylation sites (tertiary alicyclic amines) is 1. The maximum atomic E-state index is 12.6. The van der Waals surface area contributed by atoms with Crippen LogP contribution in [0.1, 0.15) is 38.5 Å². The number of rotatable bonds is 7. The maximum absolute atomic E-state index is 12.6. The summed E-state index contributed by atoms with van der Waals surface area (Å²) in [7, 11) is 0. The lowest BCUT2D eigenvalue weighted by Gasteiger charge is -2.41. The highest BCUT2D eigenvalue weighted by molar-refractivity contribution is 6.02. The van der Waals surface area contributed by atoms with Gasteiger partial charge in [-0.05, 0) is 51.9 Å². The Morgan fingerprint density at radius 2 is 1.48 bits per heavy atom. The number of carboxylic acid groups (broad SMARTS) is 1. The second-order valence-electron chi connectivity index (χ2n) is 7.91. The van der Waals surface area contributed by atoms with Crippen molar-refractivity contribution < 1.29 is 14.7 Å². The average Bonchev–Trinajstić information content (AvgIpc) is 2.68. The number of nitrogens with one attached hydrogen (secondary N) is 1. The summed E-state index contributed by atoms with van der Waals surface area (Å²) in [6.45, 7) is 8.49. The number of halogens is 3. The van der Waals surface area contributed by atoms with Crippen molar-refractivity contribution in [3.63, 3.8) is 0 Å². The zero-order valence-electron chi connectivity index (χ0n) is 17.1. The van der Waals surface area contributed by atoms with Crippen molar-refractivity contribution in [3.05, 3.63) is 0 Å². The van der Waals surface area contributed by atoms with Crippen LogP contribution in [0.15, 0.2) is 0 Å². The van der Waals surface area contributed by atoms with Gasteiger partial charge >= 0.3 is 5.97 Å². The number of piperidine rings is 2. The molecule has 3 aliphatic rings. The molecule has 0 aromatic carbocycles. The van der Waals surface area contributed by atoms with Crippen LogP contribution in [0.2, 0.25) is 0 Å². The average molecular weight is 476 g/mol. The van der Waals surface area contributed by atoms with Crippen molar-refractivity contribution in [3.8, 4) is 0 Å². The SMILES string of the molecule is Cl.Cl.Cl.O=C(O)C(C(=O)CCN1CCN(C2CCNCC2)CC1)N1CCCCC1. The van der Waals surface area contributed by atoms with Crippen molar-refractivity contribution >= 4 is 49.0 Å². The molecule has 3 heterocycles. The molecular weight excluding hydrogens is 439 g/mol. The Balaban J connectivity index is 0.00000261. The number of carboxylic acids is 1. The van der Waals surface area contributed by atoms with Gasteiger partial charge in [-0.25, -0.2) is 0 Å². The van der Waals surface area contributed by atoms with Crippen LogP contribution in [0.3, 0.4) is 0 Å². The summed E-state index contributed by atoms with van der Waals surface area (Å²) in [6, 6.07) is -0.234. The van der Waals surface area contributed by atoms with Crippen LogP contribution in [-0.4, -0.2) is 103 Å². The van der Waals surface area contributed by atoms with E-state index in [0.29, 0.717) is 19.0 Å². The third kappa shape index (κ3) is 8.48. The number of Topliss-reactive ketones (excluding diaryl/α,β-unsaturated/α-hetero) is 1. The van der Waals surface area contributed by atoms with Crippen LogP contribution < -0.4 is 5.32 Å². The van der Waals surface area contributed by atoms with Crippen molar-refractivity contribution in [2.24, 2.45) is 0 Å². The molecular formula is C19H37Cl3N4O3. The summed E-state index contributed by atoms with van der Waals surface area (Å²) in [5.74, 6) is -1.10. The summed E-state index contributed by atoms with van der Waals surface area (Å²) in [6.07, 6.45) is 5.94. The molecule has 172 valence electrons. The minimum absolute atomic E-state index is 0. The van der Waals surface area contributed by atoms with Gasteiger partial charge < -0.3 is 15.3 Å². The van der Waals surface area contributed by atoms with Crippen LogP contribution in [0, 0.1) is 0 Å².